The molecule has 0 bridgehead atoms. The number of halogens is 2. The average molecular weight is 328 g/mol. The second-order valence-corrected chi connectivity index (χ2v) is 7.75. The van der Waals surface area contributed by atoms with E-state index >= 15 is 0 Å². The summed E-state index contributed by atoms with van der Waals surface area (Å²) in [5.74, 6) is 1.87. The van der Waals surface area contributed by atoms with Crippen molar-refractivity contribution in [1.82, 2.24) is 0 Å². The van der Waals surface area contributed by atoms with Gasteiger partial charge in [-0.15, -0.1) is 0 Å². The van der Waals surface area contributed by atoms with Crippen LogP contribution in [0.5, 0.6) is 0 Å². The zero-order valence-corrected chi connectivity index (χ0v) is 14.9. The summed E-state index contributed by atoms with van der Waals surface area (Å²) in [4.78, 5) is 0. The van der Waals surface area contributed by atoms with E-state index in [4.69, 9.17) is 4.74 Å². The summed E-state index contributed by atoms with van der Waals surface area (Å²) in [7, 11) is 0. The van der Waals surface area contributed by atoms with Crippen molar-refractivity contribution in [3.63, 3.8) is 0 Å². The van der Waals surface area contributed by atoms with E-state index in [1.54, 1.807) is 0 Å². The largest absolute Gasteiger partial charge is 0.356 e. The molecular weight excluding hydrogens is 294 g/mol. The highest BCUT2D eigenvalue weighted by Crippen LogP contribution is 2.38. The normalized spacial score (nSPS) is 33.2. The maximum Gasteiger partial charge on any atom is 0.356 e. The van der Waals surface area contributed by atoms with E-state index in [1.165, 1.54) is 19.3 Å². The van der Waals surface area contributed by atoms with Gasteiger partial charge in [0.25, 0.3) is 0 Å². The Balaban J connectivity index is 1.66. The molecule has 0 spiro atoms. The van der Waals surface area contributed by atoms with Crippen LogP contribution >= 0.6 is 0 Å². The van der Waals surface area contributed by atoms with Gasteiger partial charge < -0.3 is 4.74 Å². The van der Waals surface area contributed by atoms with Crippen LogP contribution in [0.1, 0.15) is 78.1 Å². The summed E-state index contributed by atoms with van der Waals surface area (Å²) in [5.41, 5.74) is 0. The van der Waals surface area contributed by atoms with Crippen molar-refractivity contribution in [1.29, 1.82) is 0 Å². The van der Waals surface area contributed by atoms with Gasteiger partial charge in [-0.2, -0.15) is 8.78 Å². The lowest BCUT2D eigenvalue weighted by atomic mass is 9.80. The molecule has 2 saturated carbocycles. The van der Waals surface area contributed by atoms with E-state index in [1.807, 2.05) is 6.92 Å². The van der Waals surface area contributed by atoms with E-state index < -0.39 is 6.11 Å². The molecule has 3 heteroatoms. The SMILES string of the molecule is C/C=C/C1CCC(CC(F)(F)OCC2CCC(CC)CC2)CC1. The third kappa shape index (κ3) is 6.52. The Kier molecular flexibility index (Phi) is 7.52. The van der Waals surface area contributed by atoms with Crippen LogP contribution in [0, 0.1) is 23.7 Å². The van der Waals surface area contributed by atoms with Crippen molar-refractivity contribution < 1.29 is 13.5 Å². The molecule has 2 fully saturated rings. The summed E-state index contributed by atoms with van der Waals surface area (Å²) in [6, 6.07) is 0. The van der Waals surface area contributed by atoms with Crippen LogP contribution in [0.2, 0.25) is 0 Å². The molecule has 0 atom stereocenters. The highest BCUT2D eigenvalue weighted by molar-refractivity contribution is 4.89. The van der Waals surface area contributed by atoms with Gasteiger partial charge in [0.2, 0.25) is 0 Å². The molecule has 2 rings (SSSR count). The summed E-state index contributed by atoms with van der Waals surface area (Å²) in [6.07, 6.45) is 10.9. The van der Waals surface area contributed by atoms with Gasteiger partial charge in [0.15, 0.2) is 0 Å². The van der Waals surface area contributed by atoms with Crippen LogP contribution in [0.15, 0.2) is 12.2 Å². The highest BCUT2D eigenvalue weighted by atomic mass is 19.3. The van der Waals surface area contributed by atoms with Gasteiger partial charge in [-0.3, -0.25) is 0 Å². The number of rotatable bonds is 7. The van der Waals surface area contributed by atoms with Crippen molar-refractivity contribution in [3.8, 4) is 0 Å². The van der Waals surface area contributed by atoms with Crippen LogP contribution < -0.4 is 0 Å². The topological polar surface area (TPSA) is 9.23 Å². The van der Waals surface area contributed by atoms with Crippen LogP contribution in [-0.2, 0) is 4.74 Å². The maximum atomic E-state index is 14.1. The van der Waals surface area contributed by atoms with Crippen LogP contribution in [0.4, 0.5) is 8.78 Å². The number of alkyl halides is 2. The van der Waals surface area contributed by atoms with Gasteiger partial charge in [-0.25, -0.2) is 0 Å². The van der Waals surface area contributed by atoms with E-state index in [0.29, 0.717) is 11.8 Å². The van der Waals surface area contributed by atoms with E-state index in [0.717, 1.165) is 44.4 Å². The molecular formula is C20H34F2O. The zero-order chi connectivity index (χ0) is 16.7. The number of allylic oxidation sites excluding steroid dienone is 2. The molecule has 0 amide bonds. The molecule has 0 aromatic heterocycles. The lowest BCUT2D eigenvalue weighted by molar-refractivity contribution is -0.256. The first-order valence-corrected chi connectivity index (χ1v) is 9.67. The quantitative estimate of drug-likeness (QED) is 0.479. The molecule has 1 nitrogen and oxygen atoms in total. The fourth-order valence-corrected chi connectivity index (χ4v) is 4.30. The van der Waals surface area contributed by atoms with Crippen LogP contribution in [-0.4, -0.2) is 12.7 Å². The predicted molar refractivity (Wildman–Crippen MR) is 91.5 cm³/mol. The van der Waals surface area contributed by atoms with Crippen molar-refractivity contribution in [3.05, 3.63) is 12.2 Å². The number of ether oxygens (including phenoxy) is 1. The Bertz CT molecular complexity index is 351. The van der Waals surface area contributed by atoms with E-state index in [9.17, 15) is 8.78 Å². The molecule has 0 aromatic carbocycles. The first-order valence-electron chi connectivity index (χ1n) is 9.67. The molecule has 0 saturated heterocycles. The fourth-order valence-electron chi connectivity index (χ4n) is 4.30. The minimum absolute atomic E-state index is 0.0835. The van der Waals surface area contributed by atoms with E-state index in [2.05, 4.69) is 19.1 Å². The second-order valence-electron chi connectivity index (χ2n) is 7.75. The third-order valence-electron chi connectivity index (χ3n) is 5.96. The first-order chi connectivity index (χ1) is 11.0. The van der Waals surface area contributed by atoms with Crippen molar-refractivity contribution >= 4 is 0 Å². The van der Waals surface area contributed by atoms with Gasteiger partial charge in [-0.1, -0.05) is 38.3 Å². The molecule has 0 radical (unpaired) electrons. The van der Waals surface area contributed by atoms with Crippen molar-refractivity contribution in [2.75, 3.05) is 6.61 Å². The Labute approximate surface area is 140 Å². The Morgan fingerprint density at radius 2 is 1.48 bits per heavy atom. The highest BCUT2D eigenvalue weighted by Gasteiger charge is 2.36. The maximum absolute atomic E-state index is 14.1. The summed E-state index contributed by atoms with van der Waals surface area (Å²) >= 11 is 0. The molecule has 0 unspecified atom stereocenters. The number of hydrogen-bond donors (Lipinski definition) is 0. The summed E-state index contributed by atoms with van der Waals surface area (Å²) in [5, 5.41) is 0. The molecule has 0 N–H and O–H groups in total. The molecule has 23 heavy (non-hydrogen) atoms. The standard InChI is InChI=1S/C20H34F2O/c1-3-5-17-8-10-18(11-9-17)14-20(21,22)23-15-19-12-6-16(4-2)7-13-19/h3,5,16-19H,4,6-15H2,1-2H3/b5-3+. The average Bonchev–Trinajstić information content (AvgIpc) is 2.55. The van der Waals surface area contributed by atoms with Gasteiger partial charge in [0.1, 0.15) is 0 Å². The Morgan fingerprint density at radius 3 is 2.04 bits per heavy atom. The number of hydrogen-bond acceptors (Lipinski definition) is 1. The van der Waals surface area contributed by atoms with Crippen LogP contribution in [0.25, 0.3) is 0 Å². The molecule has 134 valence electrons. The smallest absolute Gasteiger partial charge is 0.320 e. The Morgan fingerprint density at radius 1 is 0.913 bits per heavy atom. The second kappa shape index (κ2) is 9.15. The predicted octanol–water partition coefficient (Wildman–Crippen LogP) is 6.58. The van der Waals surface area contributed by atoms with Gasteiger partial charge >= 0.3 is 6.11 Å². The third-order valence-corrected chi connectivity index (χ3v) is 5.96. The fraction of sp³-hybridized carbons (Fsp3) is 0.900. The van der Waals surface area contributed by atoms with Gasteiger partial charge in [0, 0.05) is 6.42 Å². The summed E-state index contributed by atoms with van der Waals surface area (Å²) in [6.45, 7) is 4.50. The zero-order valence-electron chi connectivity index (χ0n) is 14.9. The van der Waals surface area contributed by atoms with Gasteiger partial charge in [0.05, 0.1) is 6.61 Å². The molecule has 0 aromatic rings. The lowest BCUT2D eigenvalue weighted by Crippen LogP contribution is -2.30. The lowest BCUT2D eigenvalue weighted by Gasteiger charge is -2.31. The van der Waals surface area contributed by atoms with Crippen molar-refractivity contribution in [2.45, 2.75) is 84.2 Å². The monoisotopic (exact) mass is 328 g/mol. The summed E-state index contributed by atoms with van der Waals surface area (Å²) < 4.78 is 33.3. The van der Waals surface area contributed by atoms with E-state index in [-0.39, 0.29) is 18.9 Å². The van der Waals surface area contributed by atoms with Crippen molar-refractivity contribution in [2.24, 2.45) is 23.7 Å². The van der Waals surface area contributed by atoms with Crippen LogP contribution in [0.3, 0.4) is 0 Å². The Hall–Kier alpha value is -0.440. The molecule has 0 heterocycles. The first kappa shape index (κ1) is 18.9. The minimum Gasteiger partial charge on any atom is -0.320 e. The molecule has 0 aliphatic heterocycles. The molecule has 2 aliphatic carbocycles. The van der Waals surface area contributed by atoms with Gasteiger partial charge in [-0.05, 0) is 69.1 Å². The minimum atomic E-state index is -2.93. The molecule has 2 aliphatic rings.